The minimum atomic E-state index is 0.0732. The Labute approximate surface area is 149 Å². The molecule has 0 aliphatic heterocycles. The highest BCUT2D eigenvalue weighted by atomic mass is 32.1. The highest BCUT2D eigenvalue weighted by Crippen LogP contribution is 2.47. The predicted octanol–water partition coefficient (Wildman–Crippen LogP) is 5.50. The fourth-order valence-electron chi connectivity index (χ4n) is 3.26. The fraction of sp³-hybridized carbons (Fsp3) is 0.368. The number of aromatic nitrogens is 1. The van der Waals surface area contributed by atoms with Crippen molar-refractivity contribution in [1.82, 2.24) is 4.98 Å². The molecular weight excluding hydrogens is 336 g/mol. The van der Waals surface area contributed by atoms with E-state index in [1.165, 1.54) is 27.1 Å². The molecule has 0 radical (unpaired) electrons. The number of amides is 1. The second-order valence-electron chi connectivity index (χ2n) is 6.44. The van der Waals surface area contributed by atoms with Crippen molar-refractivity contribution in [3.05, 3.63) is 34.7 Å². The number of hydrogen-bond donors (Lipinski definition) is 1. The van der Waals surface area contributed by atoms with E-state index in [0.29, 0.717) is 12.3 Å². The van der Waals surface area contributed by atoms with Gasteiger partial charge in [0.25, 0.3) is 0 Å². The third-order valence-electron chi connectivity index (χ3n) is 4.59. The van der Waals surface area contributed by atoms with Crippen LogP contribution in [0.25, 0.3) is 20.8 Å². The Morgan fingerprint density at radius 3 is 2.96 bits per heavy atom. The van der Waals surface area contributed by atoms with E-state index in [-0.39, 0.29) is 5.91 Å². The molecule has 1 aliphatic rings. The van der Waals surface area contributed by atoms with E-state index in [1.807, 2.05) is 13.0 Å². The number of fused-ring (bicyclic) bond motifs is 2. The molecule has 1 amide bonds. The van der Waals surface area contributed by atoms with Crippen molar-refractivity contribution in [2.75, 3.05) is 5.32 Å². The predicted molar refractivity (Wildman–Crippen MR) is 103 cm³/mol. The molecule has 4 rings (SSSR count). The lowest BCUT2D eigenvalue weighted by molar-refractivity contribution is -0.115. The molecule has 5 heteroatoms. The van der Waals surface area contributed by atoms with Gasteiger partial charge in [0.15, 0.2) is 0 Å². The summed E-state index contributed by atoms with van der Waals surface area (Å²) in [5.41, 5.74) is 3.61. The first kappa shape index (κ1) is 15.8. The molecule has 1 aliphatic carbocycles. The molecule has 2 heterocycles. The third kappa shape index (κ3) is 2.76. The Balaban J connectivity index is 1.86. The molecule has 1 atom stereocenters. The number of para-hydroxylation sites is 1. The van der Waals surface area contributed by atoms with Crippen LogP contribution < -0.4 is 5.32 Å². The summed E-state index contributed by atoms with van der Waals surface area (Å²) in [4.78, 5) is 18.3. The molecule has 0 unspecified atom stereocenters. The van der Waals surface area contributed by atoms with Crippen LogP contribution >= 0.6 is 22.7 Å². The number of hydrogen-bond acceptors (Lipinski definition) is 4. The van der Waals surface area contributed by atoms with Crippen LogP contribution in [0.15, 0.2) is 24.3 Å². The van der Waals surface area contributed by atoms with Crippen LogP contribution in [0, 0.1) is 5.92 Å². The number of nitrogens with zero attached hydrogens (tertiary/aromatic N) is 1. The van der Waals surface area contributed by atoms with Crippen LogP contribution in [-0.2, 0) is 17.6 Å². The van der Waals surface area contributed by atoms with E-state index in [9.17, 15) is 4.79 Å². The Morgan fingerprint density at radius 2 is 2.17 bits per heavy atom. The number of carbonyl (C=O) groups excluding carboxylic acids is 1. The molecule has 1 aromatic carbocycles. The molecule has 2 aromatic heterocycles. The zero-order valence-electron chi connectivity index (χ0n) is 13.9. The van der Waals surface area contributed by atoms with Crippen molar-refractivity contribution in [3.63, 3.8) is 0 Å². The smallest absolute Gasteiger partial charge is 0.224 e. The van der Waals surface area contributed by atoms with Gasteiger partial charge in [-0.3, -0.25) is 4.79 Å². The molecule has 24 heavy (non-hydrogen) atoms. The standard InChI is InChI=1S/C19H20N2OS2/c1-3-16(22)21-19-17(12-9-8-11(2)10-15(12)24-19)18-20-13-6-4-5-7-14(13)23-18/h4-7,11H,3,8-10H2,1-2H3,(H,21,22)/t11-/m1/s1. The van der Waals surface area contributed by atoms with Gasteiger partial charge in [-0.1, -0.05) is 26.0 Å². The molecule has 0 saturated heterocycles. The van der Waals surface area contributed by atoms with Crippen molar-refractivity contribution in [1.29, 1.82) is 0 Å². The van der Waals surface area contributed by atoms with E-state index < -0.39 is 0 Å². The largest absolute Gasteiger partial charge is 0.317 e. The second-order valence-corrected chi connectivity index (χ2v) is 8.58. The van der Waals surface area contributed by atoms with Gasteiger partial charge < -0.3 is 5.32 Å². The highest BCUT2D eigenvalue weighted by molar-refractivity contribution is 7.22. The maximum atomic E-state index is 12.0. The summed E-state index contributed by atoms with van der Waals surface area (Å²) >= 11 is 3.47. The minimum Gasteiger partial charge on any atom is -0.317 e. The first-order chi connectivity index (χ1) is 11.7. The lowest BCUT2D eigenvalue weighted by Gasteiger charge is -2.18. The Bertz CT molecular complexity index is 876. The lowest BCUT2D eigenvalue weighted by atomic mass is 9.88. The molecule has 3 nitrogen and oxygen atoms in total. The van der Waals surface area contributed by atoms with Crippen molar-refractivity contribution in [3.8, 4) is 10.6 Å². The summed E-state index contributed by atoms with van der Waals surface area (Å²) in [6.07, 6.45) is 3.90. The average Bonchev–Trinajstić information content (AvgIpc) is 3.14. The van der Waals surface area contributed by atoms with Crippen molar-refractivity contribution >= 4 is 43.8 Å². The van der Waals surface area contributed by atoms with E-state index in [0.717, 1.165) is 28.4 Å². The van der Waals surface area contributed by atoms with Gasteiger partial charge in [0.1, 0.15) is 10.0 Å². The Hall–Kier alpha value is -1.72. The normalized spacial score (nSPS) is 17.0. The Kier molecular flexibility index (Phi) is 4.14. The first-order valence-electron chi connectivity index (χ1n) is 8.46. The number of thiazole rings is 1. The van der Waals surface area contributed by atoms with E-state index in [1.54, 1.807) is 22.7 Å². The molecule has 0 fully saturated rings. The average molecular weight is 357 g/mol. The SMILES string of the molecule is CCC(=O)Nc1sc2c(c1-c1nc3ccccc3s1)CC[C@@H](C)C2. The van der Waals surface area contributed by atoms with Crippen LogP contribution in [0.3, 0.4) is 0 Å². The molecule has 124 valence electrons. The summed E-state index contributed by atoms with van der Waals surface area (Å²) in [5, 5.41) is 5.14. The maximum absolute atomic E-state index is 12.0. The zero-order chi connectivity index (χ0) is 16.7. The second kappa shape index (κ2) is 6.30. The van der Waals surface area contributed by atoms with Gasteiger partial charge in [0.2, 0.25) is 5.91 Å². The van der Waals surface area contributed by atoms with Gasteiger partial charge in [0, 0.05) is 16.9 Å². The zero-order valence-corrected chi connectivity index (χ0v) is 15.5. The van der Waals surface area contributed by atoms with Gasteiger partial charge in [-0.15, -0.1) is 22.7 Å². The van der Waals surface area contributed by atoms with Gasteiger partial charge in [-0.25, -0.2) is 4.98 Å². The number of nitrogens with one attached hydrogen (secondary N) is 1. The number of benzene rings is 1. The van der Waals surface area contributed by atoms with Crippen LogP contribution in [0.4, 0.5) is 5.00 Å². The van der Waals surface area contributed by atoms with Crippen LogP contribution in [-0.4, -0.2) is 10.9 Å². The molecule has 1 N–H and O–H groups in total. The number of rotatable bonds is 3. The Morgan fingerprint density at radius 1 is 1.33 bits per heavy atom. The van der Waals surface area contributed by atoms with Crippen LogP contribution in [0.2, 0.25) is 0 Å². The number of anilines is 1. The van der Waals surface area contributed by atoms with Gasteiger partial charge >= 0.3 is 0 Å². The number of carbonyl (C=O) groups is 1. The lowest BCUT2D eigenvalue weighted by Crippen LogP contribution is -2.10. The van der Waals surface area contributed by atoms with Gasteiger partial charge in [-0.2, -0.15) is 0 Å². The van der Waals surface area contributed by atoms with E-state index >= 15 is 0 Å². The molecular formula is C19H20N2OS2. The molecule has 0 bridgehead atoms. The maximum Gasteiger partial charge on any atom is 0.224 e. The fourth-order valence-corrected chi connectivity index (χ4v) is 5.80. The highest BCUT2D eigenvalue weighted by Gasteiger charge is 2.27. The number of thiophene rings is 1. The summed E-state index contributed by atoms with van der Waals surface area (Å²) in [5.74, 6) is 0.790. The van der Waals surface area contributed by atoms with Crippen LogP contribution in [0.5, 0.6) is 0 Å². The third-order valence-corrected chi connectivity index (χ3v) is 6.82. The van der Waals surface area contributed by atoms with E-state index in [4.69, 9.17) is 4.98 Å². The molecule has 0 spiro atoms. The van der Waals surface area contributed by atoms with Gasteiger partial charge in [0.05, 0.1) is 10.2 Å². The first-order valence-corrected chi connectivity index (χ1v) is 10.1. The quantitative estimate of drug-likeness (QED) is 0.673. The van der Waals surface area contributed by atoms with Crippen molar-refractivity contribution in [2.24, 2.45) is 5.92 Å². The van der Waals surface area contributed by atoms with Crippen molar-refractivity contribution in [2.45, 2.75) is 39.5 Å². The van der Waals surface area contributed by atoms with Crippen molar-refractivity contribution < 1.29 is 4.79 Å². The van der Waals surface area contributed by atoms with Crippen LogP contribution in [0.1, 0.15) is 37.1 Å². The topological polar surface area (TPSA) is 42.0 Å². The van der Waals surface area contributed by atoms with E-state index in [2.05, 4.69) is 30.4 Å². The van der Waals surface area contributed by atoms with Gasteiger partial charge in [-0.05, 0) is 42.9 Å². The summed E-state index contributed by atoms with van der Waals surface area (Å²) in [7, 11) is 0. The molecule has 0 saturated carbocycles. The summed E-state index contributed by atoms with van der Waals surface area (Å²) in [6, 6.07) is 8.24. The summed E-state index contributed by atoms with van der Waals surface area (Å²) < 4.78 is 1.20. The molecule has 3 aromatic rings. The monoisotopic (exact) mass is 356 g/mol. The summed E-state index contributed by atoms with van der Waals surface area (Å²) in [6.45, 7) is 4.20. The minimum absolute atomic E-state index is 0.0732.